The number of primary amides is 1. The third-order valence-corrected chi connectivity index (χ3v) is 2.62. The predicted molar refractivity (Wildman–Crippen MR) is 72.3 cm³/mol. The Bertz CT molecular complexity index is 487. The summed E-state index contributed by atoms with van der Waals surface area (Å²) in [7, 11) is 0. The van der Waals surface area contributed by atoms with Gasteiger partial charge in [-0.25, -0.2) is 10.8 Å². The smallest absolute Gasteiger partial charge is 0.252 e. The van der Waals surface area contributed by atoms with Crippen molar-refractivity contribution in [2.45, 2.75) is 32.7 Å². The van der Waals surface area contributed by atoms with Crippen LogP contribution in [0.25, 0.3) is 0 Å². The Hall–Kier alpha value is -2.15. The van der Waals surface area contributed by atoms with Crippen molar-refractivity contribution < 1.29 is 9.59 Å². The zero-order valence-corrected chi connectivity index (χ0v) is 11.2. The Labute approximate surface area is 111 Å². The second kappa shape index (κ2) is 6.14. The van der Waals surface area contributed by atoms with Crippen molar-refractivity contribution in [3.05, 3.63) is 23.4 Å². The minimum absolute atomic E-state index is 0.147. The molecule has 2 amide bonds. The molecule has 7 heteroatoms. The number of hydrazine groups is 1. The van der Waals surface area contributed by atoms with E-state index in [1.165, 1.54) is 13.0 Å². The number of amides is 2. The van der Waals surface area contributed by atoms with Gasteiger partial charge in [0.15, 0.2) is 0 Å². The van der Waals surface area contributed by atoms with E-state index in [2.05, 4.69) is 15.7 Å². The highest BCUT2D eigenvalue weighted by Crippen LogP contribution is 2.17. The summed E-state index contributed by atoms with van der Waals surface area (Å²) in [6, 6.07) is 2.43. The van der Waals surface area contributed by atoms with Gasteiger partial charge in [0.05, 0.1) is 0 Å². The number of hydrogen-bond acceptors (Lipinski definition) is 5. The number of carbonyl (C=O) groups is 2. The van der Waals surface area contributed by atoms with Crippen molar-refractivity contribution in [1.29, 1.82) is 0 Å². The van der Waals surface area contributed by atoms with Gasteiger partial charge in [0, 0.05) is 11.3 Å². The van der Waals surface area contributed by atoms with E-state index in [0.717, 1.165) is 5.69 Å². The molecule has 104 valence electrons. The molecule has 1 aromatic heterocycles. The summed E-state index contributed by atoms with van der Waals surface area (Å²) in [5, 5.41) is 2.50. The van der Waals surface area contributed by atoms with E-state index in [-0.39, 0.29) is 5.92 Å². The second-order valence-electron chi connectivity index (χ2n) is 4.56. The summed E-state index contributed by atoms with van der Waals surface area (Å²) in [6.07, 6.45) is 0. The number of nitrogens with one attached hydrogen (secondary N) is 2. The van der Waals surface area contributed by atoms with Crippen molar-refractivity contribution in [3.8, 4) is 0 Å². The minimum Gasteiger partial charge on any atom is -0.368 e. The first kappa shape index (κ1) is 14.9. The third-order valence-electron chi connectivity index (χ3n) is 2.62. The van der Waals surface area contributed by atoms with E-state index in [1.807, 2.05) is 13.8 Å². The van der Waals surface area contributed by atoms with Crippen molar-refractivity contribution in [3.63, 3.8) is 0 Å². The Morgan fingerprint density at radius 3 is 2.37 bits per heavy atom. The van der Waals surface area contributed by atoms with Crippen molar-refractivity contribution >= 4 is 17.6 Å². The summed E-state index contributed by atoms with van der Waals surface area (Å²) in [5.74, 6) is 4.87. The highest BCUT2D eigenvalue weighted by atomic mass is 16.2. The van der Waals surface area contributed by atoms with Crippen LogP contribution in [-0.2, 0) is 4.79 Å². The molecule has 0 radical (unpaired) electrons. The SMILES string of the molecule is CC(NC(=O)c1cc(NN)nc(C(C)C)c1)C(N)=O. The molecule has 0 fully saturated rings. The lowest BCUT2D eigenvalue weighted by Crippen LogP contribution is -2.42. The lowest BCUT2D eigenvalue weighted by atomic mass is 10.1. The third kappa shape index (κ3) is 3.92. The van der Waals surface area contributed by atoms with Crippen LogP contribution in [0.3, 0.4) is 0 Å². The molecule has 0 bridgehead atoms. The van der Waals surface area contributed by atoms with Gasteiger partial charge in [0.25, 0.3) is 5.91 Å². The molecule has 1 atom stereocenters. The van der Waals surface area contributed by atoms with Crippen LogP contribution in [0.5, 0.6) is 0 Å². The molecule has 0 saturated carbocycles. The first-order valence-electron chi connectivity index (χ1n) is 5.94. The summed E-state index contributed by atoms with van der Waals surface area (Å²) in [4.78, 5) is 27.2. The molecule has 1 heterocycles. The first-order valence-corrected chi connectivity index (χ1v) is 5.94. The van der Waals surface area contributed by atoms with Gasteiger partial charge in [-0.15, -0.1) is 0 Å². The van der Waals surface area contributed by atoms with Crippen molar-refractivity contribution in [2.75, 3.05) is 5.43 Å². The molecule has 1 aromatic rings. The van der Waals surface area contributed by atoms with E-state index in [1.54, 1.807) is 6.07 Å². The number of carbonyl (C=O) groups excluding carboxylic acids is 2. The monoisotopic (exact) mass is 265 g/mol. The molecule has 0 spiro atoms. The standard InChI is InChI=1S/C12H19N5O2/c1-6(2)9-4-8(5-10(16-9)17-14)12(19)15-7(3)11(13)18/h4-7H,14H2,1-3H3,(H2,13,18)(H,15,19)(H,16,17). The second-order valence-corrected chi connectivity index (χ2v) is 4.56. The van der Waals surface area contributed by atoms with Gasteiger partial charge >= 0.3 is 0 Å². The zero-order valence-electron chi connectivity index (χ0n) is 11.2. The lowest BCUT2D eigenvalue weighted by molar-refractivity contribution is -0.119. The lowest BCUT2D eigenvalue weighted by Gasteiger charge is -2.13. The fourth-order valence-corrected chi connectivity index (χ4v) is 1.40. The van der Waals surface area contributed by atoms with Gasteiger partial charge in [-0.1, -0.05) is 13.8 Å². The van der Waals surface area contributed by atoms with Crippen LogP contribution in [0.15, 0.2) is 12.1 Å². The van der Waals surface area contributed by atoms with Gasteiger partial charge in [0.1, 0.15) is 11.9 Å². The number of nitrogens with zero attached hydrogens (tertiary/aromatic N) is 1. The summed E-state index contributed by atoms with van der Waals surface area (Å²) in [6.45, 7) is 5.43. The maximum Gasteiger partial charge on any atom is 0.252 e. The van der Waals surface area contributed by atoms with Crippen molar-refractivity contribution in [2.24, 2.45) is 11.6 Å². The molecular weight excluding hydrogens is 246 g/mol. The van der Waals surface area contributed by atoms with Gasteiger partial charge < -0.3 is 16.5 Å². The quantitative estimate of drug-likeness (QED) is 0.444. The molecular formula is C12H19N5O2. The number of nitrogen functional groups attached to an aromatic ring is 1. The topological polar surface area (TPSA) is 123 Å². The van der Waals surface area contributed by atoms with E-state index in [0.29, 0.717) is 11.4 Å². The van der Waals surface area contributed by atoms with Crippen LogP contribution in [0, 0.1) is 0 Å². The number of aromatic nitrogens is 1. The molecule has 7 nitrogen and oxygen atoms in total. The number of anilines is 1. The van der Waals surface area contributed by atoms with Crippen LogP contribution in [-0.4, -0.2) is 22.8 Å². The van der Waals surface area contributed by atoms with Crippen LogP contribution >= 0.6 is 0 Å². The fourth-order valence-electron chi connectivity index (χ4n) is 1.40. The maximum atomic E-state index is 12.0. The van der Waals surface area contributed by atoms with E-state index < -0.39 is 17.9 Å². The van der Waals surface area contributed by atoms with Gasteiger partial charge in [-0.2, -0.15) is 0 Å². The Morgan fingerprint density at radius 2 is 1.89 bits per heavy atom. The Balaban J connectivity index is 3.02. The maximum absolute atomic E-state index is 12.0. The predicted octanol–water partition coefficient (Wildman–Crippen LogP) is 0.0942. The summed E-state index contributed by atoms with van der Waals surface area (Å²) < 4.78 is 0. The zero-order chi connectivity index (χ0) is 14.6. The molecule has 0 saturated heterocycles. The van der Waals surface area contributed by atoms with E-state index >= 15 is 0 Å². The first-order chi connectivity index (χ1) is 8.85. The Kier molecular flexibility index (Phi) is 4.82. The van der Waals surface area contributed by atoms with Crippen LogP contribution in [0.2, 0.25) is 0 Å². The molecule has 0 aliphatic heterocycles. The van der Waals surface area contributed by atoms with Gasteiger partial charge in [-0.3, -0.25) is 9.59 Å². The number of rotatable bonds is 5. The molecule has 6 N–H and O–H groups in total. The van der Waals surface area contributed by atoms with E-state index in [9.17, 15) is 9.59 Å². The molecule has 0 aliphatic carbocycles. The number of nitrogens with two attached hydrogens (primary N) is 2. The van der Waals surface area contributed by atoms with Crippen LogP contribution < -0.4 is 22.3 Å². The molecule has 1 unspecified atom stereocenters. The Morgan fingerprint density at radius 1 is 1.26 bits per heavy atom. The highest BCUT2D eigenvalue weighted by molar-refractivity contribution is 5.97. The fraction of sp³-hybridized carbons (Fsp3) is 0.417. The van der Waals surface area contributed by atoms with Crippen LogP contribution in [0.4, 0.5) is 5.82 Å². The molecule has 0 aromatic carbocycles. The number of hydrogen-bond donors (Lipinski definition) is 4. The largest absolute Gasteiger partial charge is 0.368 e. The van der Waals surface area contributed by atoms with Crippen LogP contribution in [0.1, 0.15) is 42.7 Å². The average molecular weight is 265 g/mol. The minimum atomic E-state index is -0.738. The van der Waals surface area contributed by atoms with Gasteiger partial charge in [0.2, 0.25) is 5.91 Å². The summed E-state index contributed by atoms with van der Waals surface area (Å²) in [5.41, 5.74) is 8.61. The van der Waals surface area contributed by atoms with Crippen molar-refractivity contribution in [1.82, 2.24) is 10.3 Å². The number of pyridine rings is 1. The average Bonchev–Trinajstić information content (AvgIpc) is 2.37. The van der Waals surface area contributed by atoms with Gasteiger partial charge in [-0.05, 0) is 25.0 Å². The highest BCUT2D eigenvalue weighted by Gasteiger charge is 2.16. The summed E-state index contributed by atoms with van der Waals surface area (Å²) >= 11 is 0. The normalized spacial score (nSPS) is 12.1. The molecule has 19 heavy (non-hydrogen) atoms. The molecule has 0 aliphatic rings. The molecule has 1 rings (SSSR count). The van der Waals surface area contributed by atoms with E-state index in [4.69, 9.17) is 11.6 Å².